The molecule has 3 rings (SSSR count). The number of nitrogens with one attached hydrogen (secondary N) is 2. The molecule has 1 aromatic rings. The second-order valence-corrected chi connectivity index (χ2v) is 7.17. The van der Waals surface area contributed by atoms with Crippen LogP contribution in [0.25, 0.3) is 0 Å². The monoisotopic (exact) mass is 280 g/mol. The lowest BCUT2D eigenvalue weighted by Crippen LogP contribution is -2.36. The normalized spacial score (nSPS) is 20.0. The highest BCUT2D eigenvalue weighted by atomic mass is 32.2. The van der Waals surface area contributed by atoms with E-state index in [0.717, 1.165) is 49.9 Å². The number of rotatable bonds is 3. The van der Waals surface area contributed by atoms with Crippen LogP contribution in [-0.4, -0.2) is 21.0 Å². The molecule has 4 nitrogen and oxygen atoms in total. The maximum Gasteiger partial charge on any atom is 0.240 e. The highest BCUT2D eigenvalue weighted by Crippen LogP contribution is 2.26. The summed E-state index contributed by atoms with van der Waals surface area (Å²) in [5.74, 6) is 0. The molecule has 104 valence electrons. The van der Waals surface area contributed by atoms with Gasteiger partial charge in [-0.15, -0.1) is 0 Å². The van der Waals surface area contributed by atoms with E-state index < -0.39 is 10.0 Å². The fourth-order valence-electron chi connectivity index (χ4n) is 2.96. The Labute approximate surface area is 114 Å². The zero-order valence-electron chi connectivity index (χ0n) is 11.0. The van der Waals surface area contributed by atoms with Crippen LogP contribution in [0.2, 0.25) is 0 Å². The molecule has 0 amide bonds. The van der Waals surface area contributed by atoms with Crippen molar-refractivity contribution in [2.45, 2.75) is 49.5 Å². The van der Waals surface area contributed by atoms with Crippen molar-refractivity contribution in [3.05, 3.63) is 23.8 Å². The van der Waals surface area contributed by atoms with E-state index in [-0.39, 0.29) is 6.04 Å². The fraction of sp³-hybridized carbons (Fsp3) is 0.571. The Morgan fingerprint density at radius 1 is 1.16 bits per heavy atom. The average molecular weight is 280 g/mol. The molecule has 0 bridgehead atoms. The molecule has 1 heterocycles. The van der Waals surface area contributed by atoms with Crippen molar-refractivity contribution >= 4 is 15.7 Å². The first-order valence-electron chi connectivity index (χ1n) is 7.04. The summed E-state index contributed by atoms with van der Waals surface area (Å²) in [7, 11) is -3.36. The standard InChI is InChI=1S/C14H20N2O2S/c17-19(18,16-12-4-2-1-3-5-12)13-6-7-14-11(10-13)8-9-15-14/h6-7,10,12,15-16H,1-5,8-9H2. The highest BCUT2D eigenvalue weighted by Gasteiger charge is 2.23. The Bertz CT molecular complexity index is 563. The SMILES string of the molecule is O=S(=O)(NC1CCCCC1)c1ccc2c(c1)CCN2. The minimum absolute atomic E-state index is 0.116. The van der Waals surface area contributed by atoms with E-state index in [1.807, 2.05) is 6.07 Å². The lowest BCUT2D eigenvalue weighted by molar-refractivity contribution is 0.412. The predicted molar refractivity (Wildman–Crippen MR) is 75.8 cm³/mol. The van der Waals surface area contributed by atoms with Gasteiger partial charge >= 0.3 is 0 Å². The summed E-state index contributed by atoms with van der Waals surface area (Å²) in [6.45, 7) is 0.898. The minimum atomic E-state index is -3.36. The molecule has 0 unspecified atom stereocenters. The van der Waals surface area contributed by atoms with Crippen molar-refractivity contribution in [1.82, 2.24) is 4.72 Å². The fourth-order valence-corrected chi connectivity index (χ4v) is 4.31. The minimum Gasteiger partial charge on any atom is -0.384 e. The molecule has 0 atom stereocenters. The van der Waals surface area contributed by atoms with Crippen LogP contribution in [0, 0.1) is 0 Å². The van der Waals surface area contributed by atoms with Crippen molar-refractivity contribution in [2.75, 3.05) is 11.9 Å². The second kappa shape index (κ2) is 5.13. The van der Waals surface area contributed by atoms with Gasteiger partial charge in [0.1, 0.15) is 0 Å². The molecular formula is C14H20N2O2S. The highest BCUT2D eigenvalue weighted by molar-refractivity contribution is 7.89. The van der Waals surface area contributed by atoms with Gasteiger partial charge in [0.2, 0.25) is 10.0 Å². The van der Waals surface area contributed by atoms with Crippen molar-refractivity contribution in [3.63, 3.8) is 0 Å². The Kier molecular flexibility index (Phi) is 3.50. The van der Waals surface area contributed by atoms with Gasteiger partial charge < -0.3 is 5.32 Å². The van der Waals surface area contributed by atoms with Crippen molar-refractivity contribution < 1.29 is 8.42 Å². The van der Waals surface area contributed by atoms with Crippen LogP contribution in [-0.2, 0) is 16.4 Å². The van der Waals surface area contributed by atoms with Crippen LogP contribution in [0.4, 0.5) is 5.69 Å². The molecule has 0 radical (unpaired) electrons. The number of sulfonamides is 1. The zero-order valence-corrected chi connectivity index (χ0v) is 11.8. The van der Waals surface area contributed by atoms with Gasteiger partial charge in [-0.1, -0.05) is 19.3 Å². The van der Waals surface area contributed by atoms with Crippen LogP contribution < -0.4 is 10.0 Å². The Morgan fingerprint density at radius 3 is 2.74 bits per heavy atom. The van der Waals surface area contributed by atoms with E-state index in [0.29, 0.717) is 4.90 Å². The summed E-state index contributed by atoms with van der Waals surface area (Å²) >= 11 is 0. The lowest BCUT2D eigenvalue weighted by atomic mass is 9.96. The van der Waals surface area contributed by atoms with Crippen molar-refractivity contribution in [3.8, 4) is 0 Å². The number of anilines is 1. The molecular weight excluding hydrogens is 260 g/mol. The predicted octanol–water partition coefficient (Wildman–Crippen LogP) is 2.27. The van der Waals surface area contributed by atoms with E-state index in [1.165, 1.54) is 6.42 Å². The summed E-state index contributed by atoms with van der Waals surface area (Å²) < 4.78 is 27.6. The van der Waals surface area contributed by atoms with Gasteiger partial charge in [-0.2, -0.15) is 0 Å². The van der Waals surface area contributed by atoms with Gasteiger partial charge in [-0.25, -0.2) is 13.1 Å². The van der Waals surface area contributed by atoms with Crippen LogP contribution in [0.3, 0.4) is 0 Å². The maximum absolute atomic E-state index is 12.4. The van der Waals surface area contributed by atoms with E-state index in [1.54, 1.807) is 12.1 Å². The average Bonchev–Trinajstić information content (AvgIpc) is 2.86. The number of benzene rings is 1. The van der Waals surface area contributed by atoms with E-state index in [2.05, 4.69) is 10.0 Å². The number of hydrogen-bond donors (Lipinski definition) is 2. The maximum atomic E-state index is 12.4. The van der Waals surface area contributed by atoms with Gasteiger partial charge in [0.05, 0.1) is 4.90 Å². The van der Waals surface area contributed by atoms with Crippen LogP contribution in [0.5, 0.6) is 0 Å². The van der Waals surface area contributed by atoms with E-state index in [4.69, 9.17) is 0 Å². The Balaban J connectivity index is 1.79. The third kappa shape index (κ3) is 2.77. The van der Waals surface area contributed by atoms with Gasteiger partial charge in [0, 0.05) is 18.3 Å². The second-order valence-electron chi connectivity index (χ2n) is 5.45. The molecule has 0 spiro atoms. The van der Waals surface area contributed by atoms with Gasteiger partial charge in [-0.3, -0.25) is 0 Å². The first kappa shape index (κ1) is 12.9. The van der Waals surface area contributed by atoms with Gasteiger partial charge in [0.25, 0.3) is 0 Å². The summed E-state index contributed by atoms with van der Waals surface area (Å²) in [5.41, 5.74) is 2.17. The molecule has 0 aromatic heterocycles. The molecule has 2 N–H and O–H groups in total. The van der Waals surface area contributed by atoms with Gasteiger partial charge in [-0.05, 0) is 43.0 Å². The van der Waals surface area contributed by atoms with Crippen LogP contribution in [0.1, 0.15) is 37.7 Å². The Morgan fingerprint density at radius 2 is 1.95 bits per heavy atom. The number of hydrogen-bond acceptors (Lipinski definition) is 3. The third-order valence-corrected chi connectivity index (χ3v) is 5.54. The molecule has 1 saturated carbocycles. The molecule has 19 heavy (non-hydrogen) atoms. The van der Waals surface area contributed by atoms with E-state index >= 15 is 0 Å². The number of fused-ring (bicyclic) bond motifs is 1. The smallest absolute Gasteiger partial charge is 0.240 e. The summed E-state index contributed by atoms with van der Waals surface area (Å²) in [6.07, 6.45) is 6.31. The summed E-state index contributed by atoms with van der Waals surface area (Å²) in [5, 5.41) is 3.24. The molecule has 1 aliphatic carbocycles. The van der Waals surface area contributed by atoms with Crippen LogP contribution >= 0.6 is 0 Å². The molecule has 1 fully saturated rings. The summed E-state index contributed by atoms with van der Waals surface area (Å²) in [4.78, 5) is 0.403. The third-order valence-electron chi connectivity index (χ3n) is 4.02. The Hall–Kier alpha value is -1.07. The van der Waals surface area contributed by atoms with Crippen molar-refractivity contribution in [1.29, 1.82) is 0 Å². The topological polar surface area (TPSA) is 58.2 Å². The van der Waals surface area contributed by atoms with Crippen LogP contribution in [0.15, 0.2) is 23.1 Å². The lowest BCUT2D eigenvalue weighted by Gasteiger charge is -2.22. The first-order valence-corrected chi connectivity index (χ1v) is 8.53. The zero-order chi connectivity index (χ0) is 13.3. The van der Waals surface area contributed by atoms with Crippen molar-refractivity contribution in [2.24, 2.45) is 0 Å². The molecule has 1 aromatic carbocycles. The van der Waals surface area contributed by atoms with Gasteiger partial charge in [0.15, 0.2) is 0 Å². The largest absolute Gasteiger partial charge is 0.384 e. The molecule has 0 saturated heterocycles. The summed E-state index contributed by atoms with van der Waals surface area (Å²) in [6, 6.07) is 5.49. The quantitative estimate of drug-likeness (QED) is 0.893. The first-order chi connectivity index (χ1) is 9.15. The molecule has 5 heteroatoms. The molecule has 2 aliphatic rings. The van der Waals surface area contributed by atoms with E-state index in [9.17, 15) is 8.42 Å². The molecule has 1 aliphatic heterocycles.